The lowest BCUT2D eigenvalue weighted by molar-refractivity contribution is 0.494. The number of aromatic nitrogens is 1. The fourth-order valence-corrected chi connectivity index (χ4v) is 2.17. The van der Waals surface area contributed by atoms with Gasteiger partial charge >= 0.3 is 0 Å². The molecule has 1 aliphatic heterocycles. The maximum atomic E-state index is 5.81. The number of anilines is 1. The summed E-state index contributed by atoms with van der Waals surface area (Å²) >= 11 is 0. The van der Waals surface area contributed by atoms with Crippen molar-refractivity contribution in [2.45, 2.75) is 26.8 Å². The summed E-state index contributed by atoms with van der Waals surface area (Å²) in [5, 5.41) is 0. The van der Waals surface area contributed by atoms with Gasteiger partial charge in [0.05, 0.1) is 0 Å². The van der Waals surface area contributed by atoms with Gasteiger partial charge in [0.1, 0.15) is 5.82 Å². The Morgan fingerprint density at radius 1 is 1.31 bits per heavy atom. The van der Waals surface area contributed by atoms with Gasteiger partial charge in [-0.1, -0.05) is 19.9 Å². The molecule has 1 aliphatic rings. The van der Waals surface area contributed by atoms with Crippen LogP contribution in [0.2, 0.25) is 0 Å². The Hall–Kier alpha value is -1.09. The largest absolute Gasteiger partial charge is 0.356 e. The number of rotatable bonds is 2. The number of hydrogen-bond acceptors (Lipinski definition) is 3. The Morgan fingerprint density at radius 3 is 2.38 bits per heavy atom. The smallest absolute Gasteiger partial charge is 0.128 e. The van der Waals surface area contributed by atoms with Crippen LogP contribution in [0.25, 0.3) is 0 Å². The number of pyridine rings is 1. The van der Waals surface area contributed by atoms with Crippen molar-refractivity contribution < 1.29 is 0 Å². The van der Waals surface area contributed by atoms with Crippen molar-refractivity contribution >= 4 is 5.82 Å². The van der Waals surface area contributed by atoms with E-state index in [9.17, 15) is 0 Å². The first-order valence-electron chi connectivity index (χ1n) is 6.04. The Labute approximate surface area is 97.7 Å². The summed E-state index contributed by atoms with van der Waals surface area (Å²) < 4.78 is 0. The zero-order valence-corrected chi connectivity index (χ0v) is 10.4. The fraction of sp³-hybridized carbons (Fsp3) is 0.615. The molecular weight excluding hydrogens is 198 g/mol. The van der Waals surface area contributed by atoms with Crippen molar-refractivity contribution in [3.63, 3.8) is 0 Å². The van der Waals surface area contributed by atoms with E-state index < -0.39 is 0 Å². The molecule has 0 aliphatic carbocycles. The highest BCUT2D eigenvalue weighted by atomic mass is 15.2. The molecule has 0 aromatic carbocycles. The summed E-state index contributed by atoms with van der Waals surface area (Å²) in [6, 6.07) is 4.24. The maximum Gasteiger partial charge on any atom is 0.128 e. The molecule has 2 heterocycles. The third kappa shape index (κ3) is 2.19. The first-order valence-corrected chi connectivity index (χ1v) is 6.04. The molecule has 0 amide bonds. The van der Waals surface area contributed by atoms with Crippen LogP contribution in [0, 0.1) is 11.8 Å². The molecule has 0 saturated carbocycles. The predicted octanol–water partition coefficient (Wildman–Crippen LogP) is 2.19. The average Bonchev–Trinajstić information content (AvgIpc) is 2.59. The standard InChI is InChI=1S/C13H21N3/c1-9-7-16(8-10(9)2)13-5-4-12(6-15-13)11(3)14/h4-6,9-11H,7-8,14H2,1-3H3/t9?,10?,11-/m0/s1. The van der Waals surface area contributed by atoms with E-state index in [2.05, 4.69) is 35.9 Å². The van der Waals surface area contributed by atoms with Crippen molar-refractivity contribution in [1.29, 1.82) is 0 Å². The van der Waals surface area contributed by atoms with Gasteiger partial charge in [-0.25, -0.2) is 4.98 Å². The molecule has 1 aromatic rings. The van der Waals surface area contributed by atoms with Crippen LogP contribution >= 0.6 is 0 Å². The zero-order chi connectivity index (χ0) is 11.7. The van der Waals surface area contributed by atoms with Gasteiger partial charge in [0.2, 0.25) is 0 Å². The minimum absolute atomic E-state index is 0.0676. The molecule has 2 N–H and O–H groups in total. The van der Waals surface area contributed by atoms with Crippen molar-refractivity contribution in [1.82, 2.24) is 4.98 Å². The molecule has 88 valence electrons. The molecule has 2 unspecified atom stereocenters. The summed E-state index contributed by atoms with van der Waals surface area (Å²) in [5.41, 5.74) is 6.91. The van der Waals surface area contributed by atoms with E-state index in [1.165, 1.54) is 0 Å². The fourth-order valence-electron chi connectivity index (χ4n) is 2.17. The second-order valence-corrected chi connectivity index (χ2v) is 5.10. The van der Waals surface area contributed by atoms with Crippen molar-refractivity contribution in [2.24, 2.45) is 17.6 Å². The van der Waals surface area contributed by atoms with Crippen molar-refractivity contribution in [3.05, 3.63) is 23.9 Å². The van der Waals surface area contributed by atoms with Crippen LogP contribution in [0.15, 0.2) is 18.3 Å². The van der Waals surface area contributed by atoms with Gasteiger partial charge in [-0.2, -0.15) is 0 Å². The lowest BCUT2D eigenvalue weighted by atomic mass is 10.0. The van der Waals surface area contributed by atoms with E-state index in [-0.39, 0.29) is 6.04 Å². The average molecular weight is 219 g/mol. The SMILES string of the molecule is CC1CN(c2ccc([C@H](C)N)cn2)CC1C. The summed E-state index contributed by atoms with van der Waals surface area (Å²) in [6.07, 6.45) is 1.90. The van der Waals surface area contributed by atoms with E-state index in [4.69, 9.17) is 5.73 Å². The summed E-state index contributed by atoms with van der Waals surface area (Å²) in [5.74, 6) is 2.60. The van der Waals surface area contributed by atoms with Gasteiger partial charge < -0.3 is 10.6 Å². The Bertz CT molecular complexity index is 335. The molecule has 2 rings (SSSR count). The van der Waals surface area contributed by atoms with E-state index >= 15 is 0 Å². The Morgan fingerprint density at radius 2 is 1.94 bits per heavy atom. The highest BCUT2D eigenvalue weighted by Gasteiger charge is 2.26. The van der Waals surface area contributed by atoms with E-state index in [0.717, 1.165) is 36.3 Å². The van der Waals surface area contributed by atoms with E-state index in [1.807, 2.05) is 13.1 Å². The molecule has 3 atom stereocenters. The lowest BCUT2D eigenvalue weighted by Crippen LogP contribution is -2.20. The van der Waals surface area contributed by atoms with Gasteiger partial charge in [0, 0.05) is 25.3 Å². The van der Waals surface area contributed by atoms with Crippen molar-refractivity contribution in [2.75, 3.05) is 18.0 Å². The maximum absolute atomic E-state index is 5.81. The molecule has 0 radical (unpaired) electrons. The van der Waals surface area contributed by atoms with Crippen LogP contribution in [-0.2, 0) is 0 Å². The van der Waals surface area contributed by atoms with Gasteiger partial charge in [0.15, 0.2) is 0 Å². The molecule has 1 aromatic heterocycles. The first kappa shape index (κ1) is 11.4. The second-order valence-electron chi connectivity index (χ2n) is 5.10. The topological polar surface area (TPSA) is 42.1 Å². The molecule has 0 bridgehead atoms. The van der Waals surface area contributed by atoms with Crippen LogP contribution in [0.5, 0.6) is 0 Å². The van der Waals surface area contributed by atoms with Crippen LogP contribution < -0.4 is 10.6 Å². The quantitative estimate of drug-likeness (QED) is 0.829. The Kier molecular flexibility index (Phi) is 3.15. The second kappa shape index (κ2) is 4.42. The third-order valence-corrected chi connectivity index (χ3v) is 3.61. The normalized spacial score (nSPS) is 27.1. The van der Waals surface area contributed by atoms with Crippen molar-refractivity contribution in [3.8, 4) is 0 Å². The first-order chi connectivity index (χ1) is 7.58. The van der Waals surface area contributed by atoms with Crippen LogP contribution in [0.3, 0.4) is 0 Å². The predicted molar refractivity (Wildman–Crippen MR) is 67.4 cm³/mol. The molecule has 1 saturated heterocycles. The summed E-state index contributed by atoms with van der Waals surface area (Å²) in [4.78, 5) is 6.86. The highest BCUT2D eigenvalue weighted by Crippen LogP contribution is 2.26. The molecule has 0 spiro atoms. The third-order valence-electron chi connectivity index (χ3n) is 3.61. The van der Waals surface area contributed by atoms with Gasteiger partial charge in [-0.05, 0) is 30.4 Å². The van der Waals surface area contributed by atoms with Crippen LogP contribution in [-0.4, -0.2) is 18.1 Å². The molecule has 1 fully saturated rings. The molecular formula is C13H21N3. The molecule has 16 heavy (non-hydrogen) atoms. The van der Waals surface area contributed by atoms with E-state index in [0.29, 0.717) is 0 Å². The Balaban J connectivity index is 2.11. The van der Waals surface area contributed by atoms with E-state index in [1.54, 1.807) is 0 Å². The minimum atomic E-state index is 0.0676. The molecule has 3 nitrogen and oxygen atoms in total. The zero-order valence-electron chi connectivity index (χ0n) is 10.4. The van der Waals surface area contributed by atoms with Crippen LogP contribution in [0.4, 0.5) is 5.82 Å². The monoisotopic (exact) mass is 219 g/mol. The summed E-state index contributed by atoms with van der Waals surface area (Å²) in [7, 11) is 0. The lowest BCUT2D eigenvalue weighted by Gasteiger charge is -2.17. The van der Waals surface area contributed by atoms with Gasteiger partial charge in [-0.15, -0.1) is 0 Å². The van der Waals surface area contributed by atoms with Gasteiger partial charge in [-0.3, -0.25) is 0 Å². The highest BCUT2D eigenvalue weighted by molar-refractivity contribution is 5.41. The van der Waals surface area contributed by atoms with Gasteiger partial charge in [0.25, 0.3) is 0 Å². The number of hydrogen-bond donors (Lipinski definition) is 1. The number of nitrogens with two attached hydrogens (primary N) is 1. The number of nitrogens with zero attached hydrogens (tertiary/aromatic N) is 2. The minimum Gasteiger partial charge on any atom is -0.356 e. The van der Waals surface area contributed by atoms with Crippen LogP contribution in [0.1, 0.15) is 32.4 Å². The summed E-state index contributed by atoms with van der Waals surface area (Å²) in [6.45, 7) is 8.83. The molecule has 3 heteroatoms.